The third kappa shape index (κ3) is 2.62. The summed E-state index contributed by atoms with van der Waals surface area (Å²) in [5.74, 6) is -0.277. The molecule has 0 N–H and O–H groups in total. The quantitative estimate of drug-likeness (QED) is 0.536. The van der Waals surface area contributed by atoms with Crippen LogP contribution in [0, 0.1) is 0 Å². The van der Waals surface area contributed by atoms with Gasteiger partial charge in [0, 0.05) is 30.0 Å². The van der Waals surface area contributed by atoms with Gasteiger partial charge in [-0.3, -0.25) is 14.6 Å². The average molecular weight is 189 g/mol. The van der Waals surface area contributed by atoms with Crippen LogP contribution < -0.4 is 0 Å². The number of ketones is 2. The number of carbonyl (C=O) groups is 2. The maximum absolute atomic E-state index is 11.6. The van der Waals surface area contributed by atoms with Gasteiger partial charge in [0.25, 0.3) is 0 Å². The van der Waals surface area contributed by atoms with Crippen LogP contribution in [0.25, 0.3) is 0 Å². The highest BCUT2D eigenvalue weighted by atomic mass is 16.1. The molecule has 0 unspecified atom stereocenters. The topological polar surface area (TPSA) is 47.0 Å². The number of allylic oxidation sites excluding steroid dienone is 1. The van der Waals surface area contributed by atoms with Crippen molar-refractivity contribution in [2.75, 3.05) is 0 Å². The lowest BCUT2D eigenvalue weighted by atomic mass is 10.0. The highest BCUT2D eigenvalue weighted by Gasteiger charge is 2.11. The molecule has 0 aliphatic heterocycles. The lowest BCUT2D eigenvalue weighted by molar-refractivity contribution is -0.116. The molecule has 14 heavy (non-hydrogen) atoms. The average Bonchev–Trinajstić information content (AvgIpc) is 2.17. The van der Waals surface area contributed by atoms with Gasteiger partial charge in [0.1, 0.15) is 5.78 Å². The number of carbonyl (C=O) groups excluding carboxylic acids is 2. The summed E-state index contributed by atoms with van der Waals surface area (Å²) < 4.78 is 0. The lowest BCUT2D eigenvalue weighted by Gasteiger charge is -2.01. The molecule has 0 amide bonds. The maximum atomic E-state index is 11.6. The molecular formula is C11H11NO2. The van der Waals surface area contributed by atoms with Crippen LogP contribution in [0.1, 0.15) is 23.7 Å². The van der Waals surface area contributed by atoms with Crippen molar-refractivity contribution in [1.29, 1.82) is 0 Å². The van der Waals surface area contributed by atoms with Crippen LogP contribution >= 0.6 is 0 Å². The van der Waals surface area contributed by atoms with E-state index in [0.717, 1.165) is 0 Å². The third-order valence-electron chi connectivity index (χ3n) is 1.71. The van der Waals surface area contributed by atoms with E-state index in [1.54, 1.807) is 18.3 Å². The largest absolute Gasteiger partial charge is 0.300 e. The summed E-state index contributed by atoms with van der Waals surface area (Å²) in [7, 11) is 0. The van der Waals surface area contributed by atoms with Gasteiger partial charge in [-0.05, 0) is 19.1 Å². The van der Waals surface area contributed by atoms with Crippen molar-refractivity contribution >= 4 is 11.6 Å². The second-order valence-electron chi connectivity index (χ2n) is 3.05. The van der Waals surface area contributed by atoms with Crippen LogP contribution in [0.3, 0.4) is 0 Å². The molecule has 0 aromatic carbocycles. The second-order valence-corrected chi connectivity index (χ2v) is 3.05. The Bertz CT molecular complexity index is 368. The van der Waals surface area contributed by atoms with Crippen molar-refractivity contribution < 1.29 is 9.59 Å². The standard InChI is InChI=1S/C11H11NO2/c1-8(6-9(2)13)11(14)10-4-3-5-12-7-10/h3-5,7H,1,6H2,2H3. The highest BCUT2D eigenvalue weighted by Crippen LogP contribution is 2.08. The van der Waals surface area contributed by atoms with E-state index in [2.05, 4.69) is 11.6 Å². The summed E-state index contributed by atoms with van der Waals surface area (Å²) in [6.07, 6.45) is 3.16. The number of rotatable bonds is 4. The van der Waals surface area contributed by atoms with Gasteiger partial charge in [-0.1, -0.05) is 6.58 Å². The number of aromatic nitrogens is 1. The molecule has 0 radical (unpaired) electrons. The number of hydrogen-bond acceptors (Lipinski definition) is 3. The summed E-state index contributed by atoms with van der Waals surface area (Å²) in [6.45, 7) is 5.01. The van der Waals surface area contributed by atoms with E-state index in [1.807, 2.05) is 0 Å². The van der Waals surface area contributed by atoms with Crippen molar-refractivity contribution in [3.05, 3.63) is 42.2 Å². The Balaban J connectivity index is 2.76. The third-order valence-corrected chi connectivity index (χ3v) is 1.71. The van der Waals surface area contributed by atoms with Crippen molar-refractivity contribution in [2.45, 2.75) is 13.3 Å². The Morgan fingerprint density at radius 2 is 2.21 bits per heavy atom. The molecule has 72 valence electrons. The van der Waals surface area contributed by atoms with Gasteiger partial charge >= 0.3 is 0 Å². The maximum Gasteiger partial charge on any atom is 0.190 e. The van der Waals surface area contributed by atoms with E-state index in [0.29, 0.717) is 11.1 Å². The van der Waals surface area contributed by atoms with Crippen LogP contribution in [0.5, 0.6) is 0 Å². The molecule has 0 atom stereocenters. The zero-order chi connectivity index (χ0) is 10.6. The number of Topliss-reactive ketones (excluding diaryl/α,β-unsaturated/α-hetero) is 2. The first-order valence-electron chi connectivity index (χ1n) is 4.23. The molecule has 0 aliphatic carbocycles. The Kier molecular flexibility index (Phi) is 3.29. The van der Waals surface area contributed by atoms with Crippen molar-refractivity contribution in [3.63, 3.8) is 0 Å². The number of hydrogen-bond donors (Lipinski definition) is 0. The molecule has 1 aromatic heterocycles. The fourth-order valence-corrected chi connectivity index (χ4v) is 1.08. The summed E-state index contributed by atoms with van der Waals surface area (Å²) in [5, 5.41) is 0. The Morgan fingerprint density at radius 3 is 2.71 bits per heavy atom. The van der Waals surface area contributed by atoms with Crippen LogP contribution in [-0.2, 0) is 4.79 Å². The minimum absolute atomic E-state index is 0.0627. The Labute approximate surface area is 82.5 Å². The van der Waals surface area contributed by atoms with Crippen LogP contribution in [0.15, 0.2) is 36.7 Å². The molecule has 0 saturated carbocycles. The molecule has 3 nitrogen and oxygen atoms in total. The predicted molar refractivity (Wildman–Crippen MR) is 53.0 cm³/mol. The first-order chi connectivity index (χ1) is 6.61. The fraction of sp³-hybridized carbons (Fsp3) is 0.182. The van der Waals surface area contributed by atoms with E-state index < -0.39 is 0 Å². The molecule has 3 heteroatoms. The second kappa shape index (κ2) is 4.46. The minimum atomic E-state index is -0.215. The molecule has 0 bridgehead atoms. The monoisotopic (exact) mass is 189 g/mol. The first-order valence-corrected chi connectivity index (χ1v) is 4.23. The fourth-order valence-electron chi connectivity index (χ4n) is 1.08. The zero-order valence-corrected chi connectivity index (χ0v) is 7.99. The van der Waals surface area contributed by atoms with Gasteiger partial charge in [-0.25, -0.2) is 0 Å². The van der Waals surface area contributed by atoms with Gasteiger partial charge in [0.2, 0.25) is 0 Å². The number of pyridine rings is 1. The van der Waals surface area contributed by atoms with Crippen LogP contribution in [-0.4, -0.2) is 16.6 Å². The van der Waals surface area contributed by atoms with E-state index in [4.69, 9.17) is 0 Å². The summed E-state index contributed by atoms with van der Waals surface area (Å²) in [4.78, 5) is 26.2. The molecule has 0 aliphatic rings. The van der Waals surface area contributed by atoms with E-state index in [-0.39, 0.29) is 18.0 Å². The highest BCUT2D eigenvalue weighted by molar-refractivity contribution is 6.10. The Hall–Kier alpha value is -1.77. The van der Waals surface area contributed by atoms with Crippen LogP contribution in [0.4, 0.5) is 0 Å². The molecule has 0 saturated heterocycles. The molecule has 1 heterocycles. The number of nitrogens with zero attached hydrogens (tertiary/aromatic N) is 1. The molecule has 1 aromatic rings. The van der Waals surface area contributed by atoms with Crippen molar-refractivity contribution in [1.82, 2.24) is 4.98 Å². The normalized spacial score (nSPS) is 9.50. The van der Waals surface area contributed by atoms with Gasteiger partial charge in [0.05, 0.1) is 0 Å². The molecule has 1 rings (SSSR count). The summed E-state index contributed by atoms with van der Waals surface area (Å²) in [5.41, 5.74) is 0.782. The molecule has 0 fully saturated rings. The van der Waals surface area contributed by atoms with Gasteiger partial charge in [-0.2, -0.15) is 0 Å². The van der Waals surface area contributed by atoms with E-state index in [1.165, 1.54) is 13.1 Å². The van der Waals surface area contributed by atoms with E-state index in [9.17, 15) is 9.59 Å². The predicted octanol–water partition coefficient (Wildman–Crippen LogP) is 1.80. The van der Waals surface area contributed by atoms with Crippen molar-refractivity contribution in [3.8, 4) is 0 Å². The zero-order valence-electron chi connectivity index (χ0n) is 7.99. The summed E-state index contributed by atoms with van der Waals surface area (Å²) in [6, 6.07) is 3.33. The smallest absolute Gasteiger partial charge is 0.190 e. The van der Waals surface area contributed by atoms with Gasteiger partial charge < -0.3 is 0 Å². The first kappa shape index (κ1) is 10.3. The molecule has 0 spiro atoms. The SMILES string of the molecule is C=C(CC(C)=O)C(=O)c1cccnc1. The lowest BCUT2D eigenvalue weighted by Crippen LogP contribution is -2.05. The minimum Gasteiger partial charge on any atom is -0.300 e. The van der Waals surface area contributed by atoms with Gasteiger partial charge in [0.15, 0.2) is 5.78 Å². The molecular weight excluding hydrogens is 178 g/mol. The van der Waals surface area contributed by atoms with Crippen molar-refractivity contribution in [2.24, 2.45) is 0 Å². The van der Waals surface area contributed by atoms with Gasteiger partial charge in [-0.15, -0.1) is 0 Å². The summed E-state index contributed by atoms with van der Waals surface area (Å²) >= 11 is 0. The Morgan fingerprint density at radius 1 is 1.50 bits per heavy atom. The van der Waals surface area contributed by atoms with E-state index >= 15 is 0 Å². The van der Waals surface area contributed by atoms with Crippen LogP contribution in [0.2, 0.25) is 0 Å².